The standard InChI is InChI=1S/C15H32N2O4Si/c1-5-9-14(10-12-17-13-11-16-15(17)18)22(19-6-2,20-7-3)21-8-4/h14H,5-13H2,1-4H3,(H,16,18). The van der Waals surface area contributed by atoms with Gasteiger partial charge in [0.1, 0.15) is 0 Å². The van der Waals surface area contributed by atoms with Crippen LogP contribution in [-0.2, 0) is 13.3 Å². The molecular weight excluding hydrogens is 300 g/mol. The fourth-order valence-corrected chi connectivity index (χ4v) is 6.25. The van der Waals surface area contributed by atoms with E-state index in [1.807, 2.05) is 25.7 Å². The summed E-state index contributed by atoms with van der Waals surface area (Å²) in [5, 5.41) is 2.84. The van der Waals surface area contributed by atoms with Gasteiger partial charge in [-0.05, 0) is 33.6 Å². The van der Waals surface area contributed by atoms with Crippen LogP contribution in [0.15, 0.2) is 0 Å². The molecule has 0 radical (unpaired) electrons. The largest absolute Gasteiger partial charge is 0.504 e. The smallest absolute Gasteiger partial charge is 0.374 e. The molecule has 0 spiro atoms. The molecule has 1 aliphatic rings. The van der Waals surface area contributed by atoms with Crippen molar-refractivity contribution in [3.05, 3.63) is 0 Å². The zero-order valence-electron chi connectivity index (χ0n) is 14.5. The minimum absolute atomic E-state index is 0.0340. The molecule has 0 aromatic rings. The van der Waals surface area contributed by atoms with Gasteiger partial charge in [-0.15, -0.1) is 0 Å². The minimum Gasteiger partial charge on any atom is -0.374 e. The molecule has 2 amide bonds. The highest BCUT2D eigenvalue weighted by molar-refractivity contribution is 6.62. The monoisotopic (exact) mass is 332 g/mol. The number of nitrogens with zero attached hydrogens (tertiary/aromatic N) is 1. The maximum absolute atomic E-state index is 11.7. The molecule has 1 unspecified atom stereocenters. The Balaban J connectivity index is 2.78. The lowest BCUT2D eigenvalue weighted by molar-refractivity contribution is 0.0576. The van der Waals surface area contributed by atoms with Crippen LogP contribution >= 0.6 is 0 Å². The fraction of sp³-hybridized carbons (Fsp3) is 0.933. The predicted molar refractivity (Wildman–Crippen MR) is 88.9 cm³/mol. The van der Waals surface area contributed by atoms with Crippen LogP contribution in [0.1, 0.15) is 47.0 Å². The van der Waals surface area contributed by atoms with Gasteiger partial charge in [0.15, 0.2) is 0 Å². The van der Waals surface area contributed by atoms with E-state index in [0.717, 1.165) is 38.9 Å². The first-order chi connectivity index (χ1) is 10.6. The SMILES string of the molecule is CCCC(CCN1CCNC1=O)[Si](OCC)(OCC)OCC. The second kappa shape index (κ2) is 10.2. The van der Waals surface area contributed by atoms with E-state index in [4.69, 9.17) is 13.3 Å². The molecule has 0 saturated carbocycles. The molecule has 130 valence electrons. The van der Waals surface area contributed by atoms with E-state index in [0.29, 0.717) is 19.8 Å². The van der Waals surface area contributed by atoms with Crippen LogP contribution in [0.4, 0.5) is 4.79 Å². The molecule has 0 aromatic carbocycles. The third-order valence-electron chi connectivity index (χ3n) is 3.87. The molecule has 1 heterocycles. The van der Waals surface area contributed by atoms with Gasteiger partial charge in [0.2, 0.25) is 0 Å². The summed E-state index contributed by atoms with van der Waals surface area (Å²) in [5.74, 6) is 0. The first kappa shape index (κ1) is 19.4. The Kier molecular flexibility index (Phi) is 9.00. The third-order valence-corrected chi connectivity index (χ3v) is 7.52. The van der Waals surface area contributed by atoms with Crippen LogP contribution in [-0.4, -0.2) is 59.2 Å². The number of urea groups is 1. The summed E-state index contributed by atoms with van der Waals surface area (Å²) in [6.45, 7) is 12.2. The topological polar surface area (TPSA) is 60.0 Å². The van der Waals surface area contributed by atoms with Crippen LogP contribution in [0.5, 0.6) is 0 Å². The molecule has 7 heteroatoms. The van der Waals surface area contributed by atoms with E-state index < -0.39 is 8.80 Å². The van der Waals surface area contributed by atoms with Crippen molar-refractivity contribution in [3.8, 4) is 0 Å². The number of hydrogen-bond acceptors (Lipinski definition) is 4. The van der Waals surface area contributed by atoms with Gasteiger partial charge in [-0.3, -0.25) is 0 Å². The maximum atomic E-state index is 11.7. The van der Waals surface area contributed by atoms with E-state index in [1.54, 1.807) is 0 Å². The normalized spacial score (nSPS) is 16.9. The predicted octanol–water partition coefficient (Wildman–Crippen LogP) is 2.62. The van der Waals surface area contributed by atoms with Crippen molar-refractivity contribution < 1.29 is 18.1 Å². The Morgan fingerprint density at radius 2 is 1.68 bits per heavy atom. The van der Waals surface area contributed by atoms with Gasteiger partial charge in [0, 0.05) is 45.0 Å². The minimum atomic E-state index is -2.70. The highest BCUT2D eigenvalue weighted by Gasteiger charge is 2.48. The quantitative estimate of drug-likeness (QED) is 0.558. The third kappa shape index (κ3) is 5.22. The number of nitrogens with one attached hydrogen (secondary N) is 1. The molecule has 1 aliphatic heterocycles. The van der Waals surface area contributed by atoms with Crippen LogP contribution in [0.25, 0.3) is 0 Å². The summed E-state index contributed by atoms with van der Waals surface area (Å²) in [6, 6.07) is 0.0340. The second-order valence-electron chi connectivity index (χ2n) is 5.40. The van der Waals surface area contributed by atoms with Gasteiger partial charge >= 0.3 is 14.8 Å². The summed E-state index contributed by atoms with van der Waals surface area (Å²) in [4.78, 5) is 13.6. The first-order valence-corrected chi connectivity index (χ1v) is 10.4. The van der Waals surface area contributed by atoms with Crippen molar-refractivity contribution in [2.75, 3.05) is 39.5 Å². The molecule has 0 bridgehead atoms. The van der Waals surface area contributed by atoms with Gasteiger partial charge in [-0.25, -0.2) is 4.79 Å². The summed E-state index contributed by atoms with van der Waals surface area (Å²) in [7, 11) is -2.70. The Bertz CT molecular complexity index is 314. The van der Waals surface area contributed by atoms with Crippen molar-refractivity contribution in [2.45, 2.75) is 52.5 Å². The molecular formula is C15H32N2O4Si. The van der Waals surface area contributed by atoms with E-state index in [9.17, 15) is 4.79 Å². The molecule has 1 N–H and O–H groups in total. The maximum Gasteiger partial charge on any atom is 0.504 e. The number of carbonyl (C=O) groups excluding carboxylic acids is 1. The molecule has 22 heavy (non-hydrogen) atoms. The Morgan fingerprint density at radius 3 is 2.09 bits per heavy atom. The number of amides is 2. The van der Waals surface area contributed by atoms with Crippen LogP contribution in [0.2, 0.25) is 5.54 Å². The average molecular weight is 333 g/mol. The van der Waals surface area contributed by atoms with Gasteiger partial charge in [-0.2, -0.15) is 0 Å². The highest BCUT2D eigenvalue weighted by Crippen LogP contribution is 2.33. The Morgan fingerprint density at radius 1 is 1.09 bits per heavy atom. The molecule has 1 rings (SSSR count). The molecule has 0 aromatic heterocycles. The van der Waals surface area contributed by atoms with Crippen molar-refractivity contribution in [2.24, 2.45) is 0 Å². The molecule has 1 fully saturated rings. The number of hydrogen-bond donors (Lipinski definition) is 1. The number of carbonyl (C=O) groups is 1. The molecule has 1 atom stereocenters. The lowest BCUT2D eigenvalue weighted by Crippen LogP contribution is -2.51. The zero-order chi connectivity index (χ0) is 16.4. The summed E-state index contributed by atoms with van der Waals surface area (Å²) >= 11 is 0. The molecule has 1 saturated heterocycles. The molecule has 6 nitrogen and oxygen atoms in total. The first-order valence-electron chi connectivity index (χ1n) is 8.58. The van der Waals surface area contributed by atoms with E-state index in [-0.39, 0.29) is 11.6 Å². The van der Waals surface area contributed by atoms with Crippen molar-refractivity contribution in [1.29, 1.82) is 0 Å². The van der Waals surface area contributed by atoms with Gasteiger partial charge in [0.05, 0.1) is 0 Å². The van der Waals surface area contributed by atoms with E-state index in [2.05, 4.69) is 12.2 Å². The summed E-state index contributed by atoms with van der Waals surface area (Å²) < 4.78 is 18.1. The van der Waals surface area contributed by atoms with E-state index >= 15 is 0 Å². The summed E-state index contributed by atoms with van der Waals surface area (Å²) in [6.07, 6.45) is 2.92. The van der Waals surface area contributed by atoms with Crippen molar-refractivity contribution >= 4 is 14.8 Å². The van der Waals surface area contributed by atoms with E-state index in [1.165, 1.54) is 0 Å². The van der Waals surface area contributed by atoms with Crippen LogP contribution < -0.4 is 5.32 Å². The lowest BCUT2D eigenvalue weighted by Gasteiger charge is -2.36. The summed E-state index contributed by atoms with van der Waals surface area (Å²) in [5.41, 5.74) is 0.241. The lowest BCUT2D eigenvalue weighted by atomic mass is 10.2. The van der Waals surface area contributed by atoms with Crippen molar-refractivity contribution in [1.82, 2.24) is 10.2 Å². The van der Waals surface area contributed by atoms with Gasteiger partial charge < -0.3 is 23.5 Å². The van der Waals surface area contributed by atoms with Gasteiger partial charge in [0.25, 0.3) is 0 Å². The van der Waals surface area contributed by atoms with Gasteiger partial charge in [-0.1, -0.05) is 13.3 Å². The Labute approximate surface area is 135 Å². The second-order valence-corrected chi connectivity index (χ2v) is 8.29. The van der Waals surface area contributed by atoms with Crippen LogP contribution in [0, 0.1) is 0 Å². The van der Waals surface area contributed by atoms with Crippen molar-refractivity contribution in [3.63, 3.8) is 0 Å². The van der Waals surface area contributed by atoms with Crippen LogP contribution in [0.3, 0.4) is 0 Å². The molecule has 0 aliphatic carbocycles. The number of rotatable bonds is 12. The fourth-order valence-electron chi connectivity index (χ4n) is 2.96. The zero-order valence-corrected chi connectivity index (χ0v) is 15.5. The highest BCUT2D eigenvalue weighted by atomic mass is 28.4. The Hall–Kier alpha value is -0.633. The average Bonchev–Trinajstić information content (AvgIpc) is 2.89.